The maximum Gasteiger partial charge on any atom is 0.416 e. The third kappa shape index (κ3) is 5.10. The number of rotatable bonds is 2. The van der Waals surface area contributed by atoms with Crippen LogP contribution in [0, 0.1) is 11.8 Å². The summed E-state index contributed by atoms with van der Waals surface area (Å²) >= 11 is 0. The monoisotopic (exact) mass is 423 g/mol. The molecule has 0 amide bonds. The largest absolute Gasteiger partial charge is 0.508 e. The van der Waals surface area contributed by atoms with Gasteiger partial charge in [0, 0.05) is 49.2 Å². The Bertz CT molecular complexity index is 1110. The summed E-state index contributed by atoms with van der Waals surface area (Å²) in [5, 5.41) is 9.49. The van der Waals surface area contributed by atoms with Crippen molar-refractivity contribution in [2.24, 2.45) is 0 Å². The van der Waals surface area contributed by atoms with Crippen LogP contribution in [0.3, 0.4) is 0 Å². The molecule has 1 aromatic heterocycles. The van der Waals surface area contributed by atoms with Crippen molar-refractivity contribution in [1.29, 1.82) is 0 Å². The molecule has 0 unspecified atom stereocenters. The predicted octanol–water partition coefficient (Wildman–Crippen LogP) is 4.53. The van der Waals surface area contributed by atoms with Gasteiger partial charge in [0.1, 0.15) is 11.6 Å². The number of halogens is 3. The summed E-state index contributed by atoms with van der Waals surface area (Å²) < 4.78 is 38.9. The van der Waals surface area contributed by atoms with Crippen LogP contribution in [0.4, 0.5) is 24.7 Å². The van der Waals surface area contributed by atoms with Crippen molar-refractivity contribution in [3.63, 3.8) is 0 Å². The lowest BCUT2D eigenvalue weighted by Crippen LogP contribution is -2.46. The summed E-state index contributed by atoms with van der Waals surface area (Å²) in [5.41, 5.74) is 1.43. The molecule has 1 fully saturated rings. The van der Waals surface area contributed by atoms with Crippen molar-refractivity contribution in [1.82, 2.24) is 4.98 Å². The number of phenols is 1. The molecule has 0 radical (unpaired) electrons. The molecule has 2 heterocycles. The average Bonchev–Trinajstić information content (AvgIpc) is 2.78. The number of pyridine rings is 1. The molecule has 0 spiro atoms. The van der Waals surface area contributed by atoms with Crippen molar-refractivity contribution >= 4 is 11.5 Å². The van der Waals surface area contributed by atoms with Crippen molar-refractivity contribution < 1.29 is 18.3 Å². The highest BCUT2D eigenvalue weighted by Crippen LogP contribution is 2.32. The smallest absolute Gasteiger partial charge is 0.416 e. The van der Waals surface area contributed by atoms with Gasteiger partial charge in [-0.3, -0.25) is 0 Å². The van der Waals surface area contributed by atoms with E-state index in [4.69, 9.17) is 0 Å². The maximum atomic E-state index is 13.0. The van der Waals surface area contributed by atoms with E-state index in [0.29, 0.717) is 31.9 Å². The van der Waals surface area contributed by atoms with E-state index in [-0.39, 0.29) is 5.75 Å². The van der Waals surface area contributed by atoms with Gasteiger partial charge in [-0.1, -0.05) is 24.0 Å². The minimum absolute atomic E-state index is 0.171. The summed E-state index contributed by atoms with van der Waals surface area (Å²) in [6.45, 7) is 2.55. The topological polar surface area (TPSA) is 39.6 Å². The standard InChI is InChI=1S/C24H20F3N3O/c25-24(26,27)20-4-2-5-21(16-20)29-11-13-30(14-12-29)23-10-9-19(17-28-23)8-7-18-3-1-6-22(31)15-18/h1-6,9-10,15-17,31H,11-14H2. The summed E-state index contributed by atoms with van der Waals surface area (Å²) in [4.78, 5) is 8.55. The Morgan fingerprint density at radius 1 is 0.806 bits per heavy atom. The van der Waals surface area contributed by atoms with Crippen molar-refractivity contribution in [3.05, 3.63) is 83.6 Å². The minimum Gasteiger partial charge on any atom is -0.508 e. The minimum atomic E-state index is -4.34. The van der Waals surface area contributed by atoms with Gasteiger partial charge >= 0.3 is 6.18 Å². The molecule has 1 N–H and O–H groups in total. The Kier molecular flexibility index (Phi) is 5.72. The molecule has 1 aliphatic heterocycles. The fraction of sp³-hybridized carbons (Fsp3) is 0.208. The first-order valence-corrected chi connectivity index (χ1v) is 9.83. The number of piperazine rings is 1. The van der Waals surface area contributed by atoms with Crippen LogP contribution in [0.1, 0.15) is 16.7 Å². The third-order valence-corrected chi connectivity index (χ3v) is 5.09. The van der Waals surface area contributed by atoms with E-state index in [2.05, 4.69) is 21.7 Å². The molecule has 1 aliphatic rings. The lowest BCUT2D eigenvalue weighted by atomic mass is 10.1. The Morgan fingerprint density at radius 3 is 2.19 bits per heavy atom. The number of aromatic nitrogens is 1. The fourth-order valence-corrected chi connectivity index (χ4v) is 3.45. The van der Waals surface area contributed by atoms with Crippen LogP contribution < -0.4 is 9.80 Å². The predicted molar refractivity (Wildman–Crippen MR) is 114 cm³/mol. The summed E-state index contributed by atoms with van der Waals surface area (Å²) in [7, 11) is 0. The highest BCUT2D eigenvalue weighted by atomic mass is 19.4. The van der Waals surface area contributed by atoms with E-state index < -0.39 is 11.7 Å². The number of aromatic hydroxyl groups is 1. The van der Waals surface area contributed by atoms with Gasteiger partial charge in [0.15, 0.2) is 0 Å². The normalized spacial score (nSPS) is 14.2. The Balaban J connectivity index is 1.38. The molecular weight excluding hydrogens is 403 g/mol. The first kappa shape index (κ1) is 20.6. The molecule has 7 heteroatoms. The molecule has 3 aromatic rings. The zero-order valence-corrected chi connectivity index (χ0v) is 16.6. The summed E-state index contributed by atoms with van der Waals surface area (Å²) in [6.07, 6.45) is -2.64. The van der Waals surface area contributed by atoms with Crippen molar-refractivity contribution in [3.8, 4) is 17.6 Å². The second-order valence-electron chi connectivity index (χ2n) is 7.23. The van der Waals surface area contributed by atoms with Crippen LogP contribution in [-0.4, -0.2) is 36.3 Å². The highest BCUT2D eigenvalue weighted by molar-refractivity contribution is 5.52. The van der Waals surface area contributed by atoms with Gasteiger partial charge in [0.05, 0.1) is 5.56 Å². The van der Waals surface area contributed by atoms with E-state index in [9.17, 15) is 18.3 Å². The molecule has 0 bridgehead atoms. The lowest BCUT2D eigenvalue weighted by Gasteiger charge is -2.37. The fourth-order valence-electron chi connectivity index (χ4n) is 3.45. The van der Waals surface area contributed by atoms with Crippen molar-refractivity contribution in [2.45, 2.75) is 6.18 Å². The van der Waals surface area contributed by atoms with E-state index in [1.54, 1.807) is 30.5 Å². The molecule has 4 nitrogen and oxygen atoms in total. The van der Waals surface area contributed by atoms with E-state index in [1.807, 2.05) is 23.1 Å². The van der Waals surface area contributed by atoms with Gasteiger partial charge in [0.25, 0.3) is 0 Å². The Labute approximate surface area is 178 Å². The SMILES string of the molecule is Oc1cccc(C#Cc2ccc(N3CCN(c4cccc(C(F)(F)F)c4)CC3)nc2)c1. The molecule has 4 rings (SSSR count). The summed E-state index contributed by atoms with van der Waals surface area (Å²) in [6, 6.07) is 16.0. The van der Waals surface area contributed by atoms with E-state index in [0.717, 1.165) is 23.0 Å². The molecule has 2 aromatic carbocycles. The average molecular weight is 423 g/mol. The second kappa shape index (κ2) is 8.60. The number of alkyl halides is 3. The molecule has 0 saturated carbocycles. The van der Waals surface area contributed by atoms with Gasteiger partial charge in [-0.05, 0) is 48.5 Å². The van der Waals surface area contributed by atoms with Crippen LogP contribution in [0.25, 0.3) is 0 Å². The quantitative estimate of drug-likeness (QED) is 0.615. The zero-order chi connectivity index (χ0) is 21.8. The second-order valence-corrected chi connectivity index (χ2v) is 7.23. The molecule has 0 atom stereocenters. The number of nitrogens with zero attached hydrogens (tertiary/aromatic N) is 3. The van der Waals surface area contributed by atoms with E-state index in [1.165, 1.54) is 12.1 Å². The maximum absolute atomic E-state index is 13.0. The zero-order valence-electron chi connectivity index (χ0n) is 16.6. The van der Waals surface area contributed by atoms with E-state index >= 15 is 0 Å². The number of phenolic OH excluding ortho intramolecular Hbond substituents is 1. The first-order chi connectivity index (χ1) is 14.9. The summed E-state index contributed by atoms with van der Waals surface area (Å²) in [5.74, 6) is 6.99. The highest BCUT2D eigenvalue weighted by Gasteiger charge is 2.31. The Morgan fingerprint density at radius 2 is 1.52 bits per heavy atom. The number of benzene rings is 2. The van der Waals surface area contributed by atoms with Crippen LogP contribution in [0.2, 0.25) is 0 Å². The van der Waals surface area contributed by atoms with Gasteiger partial charge < -0.3 is 14.9 Å². The number of hydrogen-bond donors (Lipinski definition) is 1. The molecule has 158 valence electrons. The molecular formula is C24H20F3N3O. The molecule has 1 saturated heterocycles. The Hall–Kier alpha value is -3.66. The molecule has 0 aliphatic carbocycles. The lowest BCUT2D eigenvalue weighted by molar-refractivity contribution is -0.137. The van der Waals surface area contributed by atoms with Gasteiger partial charge in [-0.25, -0.2) is 4.98 Å². The van der Waals surface area contributed by atoms with Crippen molar-refractivity contribution in [2.75, 3.05) is 36.0 Å². The van der Waals surface area contributed by atoms with Crippen LogP contribution >= 0.6 is 0 Å². The number of anilines is 2. The van der Waals surface area contributed by atoms with Gasteiger partial charge in [-0.15, -0.1) is 0 Å². The number of hydrogen-bond acceptors (Lipinski definition) is 4. The first-order valence-electron chi connectivity index (χ1n) is 9.83. The van der Waals surface area contributed by atoms with Gasteiger partial charge in [0.2, 0.25) is 0 Å². The third-order valence-electron chi connectivity index (χ3n) is 5.09. The van der Waals surface area contributed by atoms with Gasteiger partial charge in [-0.2, -0.15) is 13.2 Å². The van der Waals surface area contributed by atoms with Crippen LogP contribution in [0.15, 0.2) is 66.9 Å². The molecule has 31 heavy (non-hydrogen) atoms. The van der Waals surface area contributed by atoms with Crippen LogP contribution in [-0.2, 0) is 6.18 Å². The van der Waals surface area contributed by atoms with Crippen LogP contribution in [0.5, 0.6) is 5.75 Å².